The largest absolute Gasteiger partial charge is 0.383 e. The van der Waals surface area contributed by atoms with E-state index in [0.717, 1.165) is 21.7 Å². The van der Waals surface area contributed by atoms with Gasteiger partial charge in [0.15, 0.2) is 5.82 Å². The molecule has 0 spiro atoms. The molecular formula is C17H16N6OS. The van der Waals surface area contributed by atoms with Gasteiger partial charge < -0.3 is 16.8 Å². The highest BCUT2D eigenvalue weighted by Crippen LogP contribution is 2.34. The van der Waals surface area contributed by atoms with Crippen LogP contribution < -0.4 is 16.8 Å². The Bertz CT molecular complexity index is 899. The maximum atomic E-state index is 10.9. The second-order valence-corrected chi connectivity index (χ2v) is 5.93. The number of nitrogen functional groups attached to an aromatic ring is 1. The summed E-state index contributed by atoms with van der Waals surface area (Å²) in [6.45, 7) is 0. The van der Waals surface area contributed by atoms with Crippen molar-refractivity contribution in [2.45, 2.75) is 4.90 Å². The quantitative estimate of drug-likeness (QED) is 0.621. The van der Waals surface area contributed by atoms with Crippen molar-refractivity contribution < 1.29 is 4.79 Å². The van der Waals surface area contributed by atoms with Gasteiger partial charge in [-0.15, -0.1) is 11.8 Å². The van der Waals surface area contributed by atoms with Gasteiger partial charge in [0.25, 0.3) is 0 Å². The molecule has 0 aliphatic carbocycles. The van der Waals surface area contributed by atoms with Crippen molar-refractivity contribution in [1.82, 2.24) is 15.0 Å². The number of nitrogens with one attached hydrogen (secondary N) is 1. The van der Waals surface area contributed by atoms with Gasteiger partial charge in [-0.2, -0.15) is 0 Å². The first-order chi connectivity index (χ1) is 12.1. The first-order valence-electron chi connectivity index (χ1n) is 7.37. The summed E-state index contributed by atoms with van der Waals surface area (Å²) in [4.78, 5) is 24.9. The monoisotopic (exact) mass is 352 g/mol. The predicted octanol–water partition coefficient (Wildman–Crippen LogP) is 3.00. The molecule has 3 aromatic rings. The Morgan fingerprint density at radius 1 is 1.04 bits per heavy atom. The van der Waals surface area contributed by atoms with Crippen LogP contribution >= 0.6 is 11.8 Å². The van der Waals surface area contributed by atoms with Gasteiger partial charge in [-0.25, -0.2) is 14.8 Å². The minimum absolute atomic E-state index is 0.420. The fraction of sp³-hybridized carbons (Fsp3) is 0.0588. The Morgan fingerprint density at radius 2 is 1.72 bits per heavy atom. The Morgan fingerprint density at radius 3 is 2.32 bits per heavy atom. The average molecular weight is 352 g/mol. The molecule has 7 nitrogen and oxygen atoms in total. The van der Waals surface area contributed by atoms with Gasteiger partial charge in [-0.3, -0.25) is 4.98 Å². The van der Waals surface area contributed by atoms with E-state index in [9.17, 15) is 4.79 Å². The molecule has 2 heterocycles. The van der Waals surface area contributed by atoms with E-state index in [1.165, 1.54) is 11.8 Å². The van der Waals surface area contributed by atoms with Crippen molar-refractivity contribution in [2.75, 3.05) is 17.3 Å². The van der Waals surface area contributed by atoms with Gasteiger partial charge in [0.2, 0.25) is 0 Å². The van der Waals surface area contributed by atoms with Gasteiger partial charge in [0.05, 0.1) is 10.6 Å². The molecule has 0 saturated carbocycles. The number of pyridine rings is 1. The topological polar surface area (TPSA) is 120 Å². The van der Waals surface area contributed by atoms with Crippen molar-refractivity contribution in [3.63, 3.8) is 0 Å². The molecule has 0 unspecified atom stereocenters. The third-order valence-electron chi connectivity index (χ3n) is 3.46. The number of aromatic nitrogens is 3. The van der Waals surface area contributed by atoms with Crippen molar-refractivity contribution >= 4 is 29.3 Å². The molecule has 0 atom stereocenters. The first-order valence-corrected chi connectivity index (χ1v) is 8.59. The van der Waals surface area contributed by atoms with Crippen molar-refractivity contribution in [1.29, 1.82) is 0 Å². The summed E-state index contributed by atoms with van der Waals surface area (Å²) in [6, 6.07) is 10.2. The highest BCUT2D eigenvalue weighted by molar-refractivity contribution is 7.98. The highest BCUT2D eigenvalue weighted by Gasteiger charge is 2.14. The lowest BCUT2D eigenvalue weighted by molar-refractivity contribution is 0.259. The van der Waals surface area contributed by atoms with Crippen LogP contribution in [0, 0.1) is 0 Å². The molecule has 0 saturated heterocycles. The Hall–Kier alpha value is -3.13. The van der Waals surface area contributed by atoms with Gasteiger partial charge in [-0.05, 0) is 42.7 Å². The lowest BCUT2D eigenvalue weighted by Crippen LogP contribution is -2.19. The van der Waals surface area contributed by atoms with Crippen molar-refractivity contribution in [3.8, 4) is 22.6 Å². The molecule has 5 N–H and O–H groups in total. The van der Waals surface area contributed by atoms with Crippen LogP contribution in [-0.2, 0) is 0 Å². The summed E-state index contributed by atoms with van der Waals surface area (Å²) in [5.74, 6) is 0.927. The number of rotatable bonds is 4. The molecule has 0 aliphatic rings. The average Bonchev–Trinajstić information content (AvgIpc) is 2.62. The number of urea groups is 1. The summed E-state index contributed by atoms with van der Waals surface area (Å²) < 4.78 is 0. The van der Waals surface area contributed by atoms with E-state index in [1.807, 2.05) is 18.4 Å². The second-order valence-electron chi connectivity index (χ2n) is 5.12. The molecule has 1 aromatic carbocycles. The van der Waals surface area contributed by atoms with E-state index in [0.29, 0.717) is 17.3 Å². The number of nitrogens with two attached hydrogens (primary N) is 2. The zero-order valence-electron chi connectivity index (χ0n) is 13.4. The third kappa shape index (κ3) is 3.69. The SMILES string of the molecule is CSc1c(N)nc(-c2ccc(NC(N)=O)cc2)nc1-c1ccncc1. The maximum absolute atomic E-state index is 10.9. The van der Waals surface area contributed by atoms with Crippen LogP contribution in [0.3, 0.4) is 0 Å². The summed E-state index contributed by atoms with van der Waals surface area (Å²) in [7, 11) is 0. The van der Waals surface area contributed by atoms with Gasteiger partial charge in [-0.1, -0.05) is 0 Å². The molecule has 0 aliphatic heterocycles. The number of primary amides is 1. The molecular weight excluding hydrogens is 336 g/mol. The van der Waals surface area contributed by atoms with E-state index in [1.54, 1.807) is 36.7 Å². The number of anilines is 2. The van der Waals surface area contributed by atoms with Gasteiger partial charge in [0, 0.05) is 29.2 Å². The molecule has 8 heteroatoms. The Balaban J connectivity index is 2.05. The van der Waals surface area contributed by atoms with Crippen LogP contribution in [0.25, 0.3) is 22.6 Å². The van der Waals surface area contributed by atoms with Gasteiger partial charge in [0.1, 0.15) is 5.82 Å². The Kier molecular flexibility index (Phi) is 4.80. The van der Waals surface area contributed by atoms with E-state index in [4.69, 9.17) is 11.5 Å². The zero-order valence-corrected chi connectivity index (χ0v) is 14.2. The lowest BCUT2D eigenvalue weighted by Gasteiger charge is -2.12. The number of carbonyl (C=O) groups excluding carboxylic acids is 1. The molecule has 2 amide bonds. The van der Waals surface area contributed by atoms with Crippen LogP contribution in [-0.4, -0.2) is 27.2 Å². The fourth-order valence-electron chi connectivity index (χ4n) is 2.35. The van der Waals surface area contributed by atoms with E-state index >= 15 is 0 Å². The van der Waals surface area contributed by atoms with E-state index in [-0.39, 0.29) is 0 Å². The predicted molar refractivity (Wildman–Crippen MR) is 100 cm³/mol. The van der Waals surface area contributed by atoms with Crippen LogP contribution in [0.4, 0.5) is 16.3 Å². The fourth-order valence-corrected chi connectivity index (χ4v) is 2.96. The smallest absolute Gasteiger partial charge is 0.316 e. The molecule has 126 valence electrons. The molecule has 0 bridgehead atoms. The number of thioether (sulfide) groups is 1. The number of hydrogen-bond acceptors (Lipinski definition) is 6. The third-order valence-corrected chi connectivity index (χ3v) is 4.27. The minimum atomic E-state index is -0.613. The molecule has 3 rings (SSSR count). The molecule has 25 heavy (non-hydrogen) atoms. The first kappa shape index (κ1) is 16.7. The number of nitrogens with zero attached hydrogens (tertiary/aromatic N) is 3. The molecule has 0 radical (unpaired) electrons. The van der Waals surface area contributed by atoms with E-state index < -0.39 is 6.03 Å². The molecule has 0 fully saturated rings. The zero-order chi connectivity index (χ0) is 17.8. The number of benzene rings is 1. The van der Waals surface area contributed by atoms with Crippen LogP contribution in [0.2, 0.25) is 0 Å². The normalized spacial score (nSPS) is 10.4. The molecule has 2 aromatic heterocycles. The maximum Gasteiger partial charge on any atom is 0.316 e. The standard InChI is InChI=1S/C17H16N6OS/c1-25-14-13(10-6-8-20-9-7-10)22-16(23-15(14)18)11-2-4-12(5-3-11)21-17(19)24/h2-9H,1H3,(H2,18,22,23)(H3,19,21,24). The summed E-state index contributed by atoms with van der Waals surface area (Å²) in [5, 5.41) is 2.51. The summed E-state index contributed by atoms with van der Waals surface area (Å²) in [6.07, 6.45) is 5.35. The number of amides is 2. The minimum Gasteiger partial charge on any atom is -0.383 e. The second kappa shape index (κ2) is 7.18. The summed E-state index contributed by atoms with van der Waals surface area (Å²) in [5.41, 5.74) is 14.3. The van der Waals surface area contributed by atoms with Crippen LogP contribution in [0.1, 0.15) is 0 Å². The van der Waals surface area contributed by atoms with Crippen LogP contribution in [0.15, 0.2) is 53.7 Å². The van der Waals surface area contributed by atoms with Crippen LogP contribution in [0.5, 0.6) is 0 Å². The van der Waals surface area contributed by atoms with Crippen molar-refractivity contribution in [2.24, 2.45) is 5.73 Å². The number of carbonyl (C=O) groups is 1. The highest BCUT2D eigenvalue weighted by atomic mass is 32.2. The Labute approximate surface area is 148 Å². The lowest BCUT2D eigenvalue weighted by atomic mass is 10.1. The van der Waals surface area contributed by atoms with Crippen molar-refractivity contribution in [3.05, 3.63) is 48.8 Å². The summed E-state index contributed by atoms with van der Waals surface area (Å²) >= 11 is 1.50. The number of hydrogen-bond donors (Lipinski definition) is 3. The van der Waals surface area contributed by atoms with E-state index in [2.05, 4.69) is 20.3 Å². The van der Waals surface area contributed by atoms with Gasteiger partial charge >= 0.3 is 6.03 Å².